The fraction of sp³-hybridized carbons (Fsp3) is 0.250. The lowest BCUT2D eigenvalue weighted by Crippen LogP contribution is -2.24. The molecule has 0 spiro atoms. The maximum Gasteiger partial charge on any atom is 0.232 e. The maximum atomic E-state index is 13.7. The molecule has 29 heavy (non-hydrogen) atoms. The van der Waals surface area contributed by atoms with Crippen molar-refractivity contribution < 1.29 is 23.2 Å². The molecule has 1 unspecified atom stereocenters. The first-order chi connectivity index (χ1) is 14.1. The first kappa shape index (κ1) is 17.9. The van der Waals surface area contributed by atoms with Crippen LogP contribution in [0, 0.1) is 5.82 Å². The number of carbonyl (C=O) groups excluding carboxylic acids is 1. The van der Waals surface area contributed by atoms with Crippen LogP contribution in [0.2, 0.25) is 5.02 Å². The fourth-order valence-corrected chi connectivity index (χ4v) is 3.59. The second-order valence-electron chi connectivity index (χ2n) is 6.82. The number of rotatable bonds is 3. The third-order valence-corrected chi connectivity index (χ3v) is 5.24. The topological polar surface area (TPSA) is 77.7 Å². The number of benzene rings is 2. The van der Waals surface area contributed by atoms with Crippen molar-refractivity contribution in [3.63, 3.8) is 0 Å². The van der Waals surface area contributed by atoms with E-state index in [1.807, 2.05) is 6.07 Å². The molecule has 2 aliphatic heterocycles. The van der Waals surface area contributed by atoms with Crippen molar-refractivity contribution in [2.24, 2.45) is 0 Å². The number of hydrogen-bond donors (Lipinski definition) is 0. The monoisotopic (exact) mass is 415 g/mol. The number of carbonyl (C=O) groups is 1. The zero-order valence-corrected chi connectivity index (χ0v) is 15.9. The minimum atomic E-state index is -0.559. The quantitative estimate of drug-likeness (QED) is 0.647. The van der Waals surface area contributed by atoms with Gasteiger partial charge in [-0.05, 0) is 30.3 Å². The van der Waals surface area contributed by atoms with Crippen molar-refractivity contribution in [1.82, 2.24) is 10.1 Å². The highest BCUT2D eigenvalue weighted by atomic mass is 35.5. The predicted molar refractivity (Wildman–Crippen MR) is 102 cm³/mol. The Morgan fingerprint density at radius 1 is 1.10 bits per heavy atom. The van der Waals surface area contributed by atoms with E-state index < -0.39 is 5.82 Å². The Hall–Kier alpha value is -3.13. The molecule has 3 heterocycles. The molecule has 0 saturated carbocycles. The standard InChI is InChI=1S/C20H15ClFN3O4/c21-14-3-1-11(7-15(14)22)19-23-20(29-24-19)12-8-18(26)25(10-12)13-2-4-16-17(9-13)28-6-5-27-16/h1-4,7,9,12H,5-6,8,10H2. The van der Waals surface area contributed by atoms with E-state index in [1.54, 1.807) is 23.1 Å². The number of nitrogens with zero attached hydrogens (tertiary/aromatic N) is 3. The highest BCUT2D eigenvalue weighted by molar-refractivity contribution is 6.30. The summed E-state index contributed by atoms with van der Waals surface area (Å²) in [6.45, 7) is 1.38. The highest BCUT2D eigenvalue weighted by Gasteiger charge is 2.35. The van der Waals surface area contributed by atoms with Crippen LogP contribution in [-0.4, -0.2) is 35.8 Å². The summed E-state index contributed by atoms with van der Waals surface area (Å²) in [6, 6.07) is 9.71. The van der Waals surface area contributed by atoms with Gasteiger partial charge in [-0.2, -0.15) is 4.98 Å². The molecule has 0 aliphatic carbocycles. The van der Waals surface area contributed by atoms with Gasteiger partial charge in [0.25, 0.3) is 0 Å². The van der Waals surface area contributed by atoms with Crippen LogP contribution < -0.4 is 14.4 Å². The maximum absolute atomic E-state index is 13.7. The van der Waals surface area contributed by atoms with Gasteiger partial charge in [-0.25, -0.2) is 4.39 Å². The Morgan fingerprint density at radius 2 is 1.93 bits per heavy atom. The molecular formula is C20H15ClFN3O4. The first-order valence-electron chi connectivity index (χ1n) is 9.07. The molecule has 9 heteroatoms. The average molecular weight is 416 g/mol. The van der Waals surface area contributed by atoms with Gasteiger partial charge in [0, 0.05) is 30.3 Å². The van der Waals surface area contributed by atoms with E-state index in [0.29, 0.717) is 42.7 Å². The summed E-state index contributed by atoms with van der Waals surface area (Å²) in [7, 11) is 0. The summed E-state index contributed by atoms with van der Waals surface area (Å²) >= 11 is 5.71. The second-order valence-corrected chi connectivity index (χ2v) is 7.23. The van der Waals surface area contributed by atoms with Gasteiger partial charge >= 0.3 is 0 Å². The first-order valence-corrected chi connectivity index (χ1v) is 9.45. The minimum Gasteiger partial charge on any atom is -0.486 e. The van der Waals surface area contributed by atoms with Crippen molar-refractivity contribution in [2.45, 2.75) is 12.3 Å². The van der Waals surface area contributed by atoms with Gasteiger partial charge in [-0.1, -0.05) is 16.8 Å². The van der Waals surface area contributed by atoms with Gasteiger partial charge in [0.2, 0.25) is 17.6 Å². The van der Waals surface area contributed by atoms with Gasteiger partial charge in [-0.15, -0.1) is 0 Å². The molecule has 1 amide bonds. The van der Waals surface area contributed by atoms with Gasteiger partial charge in [-0.3, -0.25) is 4.79 Å². The number of fused-ring (bicyclic) bond motifs is 1. The molecule has 2 aliphatic rings. The second kappa shape index (κ2) is 7.04. The lowest BCUT2D eigenvalue weighted by atomic mass is 10.1. The molecule has 1 saturated heterocycles. The Kier molecular flexibility index (Phi) is 4.35. The van der Waals surface area contributed by atoms with Crippen LogP contribution in [0.3, 0.4) is 0 Å². The van der Waals surface area contributed by atoms with Gasteiger partial charge in [0.1, 0.15) is 19.0 Å². The van der Waals surface area contributed by atoms with Crippen LogP contribution in [0.4, 0.5) is 10.1 Å². The molecule has 1 fully saturated rings. The summed E-state index contributed by atoms with van der Waals surface area (Å²) in [4.78, 5) is 18.6. The van der Waals surface area contributed by atoms with Crippen LogP contribution in [0.25, 0.3) is 11.4 Å². The molecule has 2 aromatic carbocycles. The molecule has 0 bridgehead atoms. The van der Waals surface area contributed by atoms with Gasteiger partial charge in [0.15, 0.2) is 11.5 Å². The molecule has 148 valence electrons. The summed E-state index contributed by atoms with van der Waals surface area (Å²) < 4.78 is 30.2. The van der Waals surface area contributed by atoms with E-state index in [1.165, 1.54) is 12.1 Å². The number of ether oxygens (including phenoxy) is 2. The van der Waals surface area contributed by atoms with E-state index in [2.05, 4.69) is 10.1 Å². The van der Waals surface area contributed by atoms with Crippen molar-refractivity contribution in [3.05, 3.63) is 53.1 Å². The summed E-state index contributed by atoms with van der Waals surface area (Å²) in [5.74, 6) is 1.01. The normalized spacial score (nSPS) is 18.3. The van der Waals surface area contributed by atoms with E-state index in [4.69, 9.17) is 25.6 Å². The van der Waals surface area contributed by atoms with Crippen LogP contribution in [0.5, 0.6) is 11.5 Å². The van der Waals surface area contributed by atoms with Crippen LogP contribution >= 0.6 is 11.6 Å². The Labute approximate surface area is 170 Å². The highest BCUT2D eigenvalue weighted by Crippen LogP contribution is 2.37. The predicted octanol–water partition coefficient (Wildman–Crippen LogP) is 3.82. The number of hydrogen-bond acceptors (Lipinski definition) is 6. The minimum absolute atomic E-state index is 0.0222. The van der Waals surface area contributed by atoms with E-state index in [9.17, 15) is 9.18 Å². The number of aromatic nitrogens is 2. The number of halogens is 2. The molecule has 0 N–H and O–H groups in total. The van der Waals surface area contributed by atoms with Gasteiger partial charge in [0.05, 0.1) is 10.9 Å². The number of anilines is 1. The van der Waals surface area contributed by atoms with Crippen LogP contribution in [0.15, 0.2) is 40.9 Å². The third kappa shape index (κ3) is 3.29. The molecule has 1 atom stereocenters. The molecule has 1 aromatic heterocycles. The fourth-order valence-electron chi connectivity index (χ4n) is 3.48. The molecule has 3 aromatic rings. The lowest BCUT2D eigenvalue weighted by Gasteiger charge is -2.22. The zero-order chi connectivity index (χ0) is 20.0. The molecular weight excluding hydrogens is 401 g/mol. The smallest absolute Gasteiger partial charge is 0.232 e. The largest absolute Gasteiger partial charge is 0.486 e. The molecule has 5 rings (SSSR count). The number of amides is 1. The Balaban J connectivity index is 1.37. The summed E-state index contributed by atoms with van der Waals surface area (Å²) in [6.07, 6.45) is 0.241. The SMILES string of the molecule is O=C1CC(c2nc(-c3ccc(Cl)c(F)c3)no2)CN1c1ccc2c(c1)OCCO2. The van der Waals surface area contributed by atoms with E-state index in [-0.39, 0.29) is 29.1 Å². The van der Waals surface area contributed by atoms with E-state index >= 15 is 0 Å². The van der Waals surface area contributed by atoms with Crippen molar-refractivity contribution in [3.8, 4) is 22.9 Å². The average Bonchev–Trinajstić information content (AvgIpc) is 3.37. The lowest BCUT2D eigenvalue weighted by molar-refractivity contribution is -0.117. The zero-order valence-electron chi connectivity index (χ0n) is 15.1. The van der Waals surface area contributed by atoms with Gasteiger partial charge < -0.3 is 18.9 Å². The van der Waals surface area contributed by atoms with Crippen molar-refractivity contribution in [1.29, 1.82) is 0 Å². The summed E-state index contributed by atoms with van der Waals surface area (Å²) in [5.41, 5.74) is 1.18. The van der Waals surface area contributed by atoms with E-state index in [0.717, 1.165) is 5.69 Å². The Morgan fingerprint density at radius 3 is 2.76 bits per heavy atom. The van der Waals surface area contributed by atoms with Crippen LogP contribution in [0.1, 0.15) is 18.2 Å². The Bertz CT molecular complexity index is 1100. The molecule has 7 nitrogen and oxygen atoms in total. The summed E-state index contributed by atoms with van der Waals surface area (Å²) in [5, 5.41) is 3.94. The van der Waals surface area contributed by atoms with Crippen LogP contribution in [-0.2, 0) is 4.79 Å². The van der Waals surface area contributed by atoms with Crippen molar-refractivity contribution >= 4 is 23.2 Å². The van der Waals surface area contributed by atoms with Crippen molar-refractivity contribution in [2.75, 3.05) is 24.7 Å². The molecule has 0 radical (unpaired) electrons. The third-order valence-electron chi connectivity index (χ3n) is 4.93.